The van der Waals surface area contributed by atoms with Crippen molar-refractivity contribution in [3.05, 3.63) is 95.3 Å². The number of ether oxygens (including phenoxy) is 3. The Balaban J connectivity index is 1.31. The van der Waals surface area contributed by atoms with E-state index in [0.717, 1.165) is 49.2 Å². The lowest BCUT2D eigenvalue weighted by Crippen LogP contribution is -2.42. The van der Waals surface area contributed by atoms with E-state index in [4.69, 9.17) is 14.2 Å². The third-order valence-electron chi connectivity index (χ3n) is 7.28. The van der Waals surface area contributed by atoms with E-state index in [1.807, 2.05) is 48.5 Å². The highest BCUT2D eigenvalue weighted by atomic mass is 16.7. The summed E-state index contributed by atoms with van der Waals surface area (Å²) in [5, 5.41) is 12.4. The normalized spacial score (nSPS) is 23.8. The molecule has 0 spiro atoms. The molecule has 2 aliphatic rings. The first-order valence-electron chi connectivity index (χ1n) is 13.2. The predicted octanol–water partition coefficient (Wildman–Crippen LogP) is 4.48. The second kappa shape index (κ2) is 12.6. The fourth-order valence-corrected chi connectivity index (χ4v) is 5.24. The molecule has 1 amide bonds. The SMILES string of the molecule is COC[C@@H]1CCCN1C[C@H]1C[C@@H](c2ccc(CO)cc2)O[C@@H](c2ccc(NC(=O)c3cccnc3)cc2)O1. The minimum atomic E-state index is -0.539. The molecule has 8 heteroatoms. The third-order valence-corrected chi connectivity index (χ3v) is 7.28. The van der Waals surface area contributed by atoms with Crippen LogP contribution in [0.4, 0.5) is 5.69 Å². The minimum absolute atomic E-state index is 0.0136. The van der Waals surface area contributed by atoms with Gasteiger partial charge in [0, 0.05) is 49.8 Å². The van der Waals surface area contributed by atoms with Gasteiger partial charge in [0.15, 0.2) is 6.29 Å². The van der Waals surface area contributed by atoms with Crippen molar-refractivity contribution in [2.45, 2.75) is 50.4 Å². The van der Waals surface area contributed by atoms with Crippen molar-refractivity contribution < 1.29 is 24.1 Å². The molecule has 4 atom stereocenters. The van der Waals surface area contributed by atoms with Crippen molar-refractivity contribution in [2.75, 3.05) is 32.1 Å². The van der Waals surface area contributed by atoms with Crippen molar-refractivity contribution in [1.82, 2.24) is 9.88 Å². The maximum Gasteiger partial charge on any atom is 0.257 e. The first kappa shape index (κ1) is 26.5. The summed E-state index contributed by atoms with van der Waals surface area (Å²) < 4.78 is 18.4. The van der Waals surface area contributed by atoms with Crippen molar-refractivity contribution in [3.63, 3.8) is 0 Å². The Hall–Kier alpha value is -3.14. The average Bonchev–Trinajstić information content (AvgIpc) is 3.40. The van der Waals surface area contributed by atoms with Gasteiger partial charge in [-0.2, -0.15) is 0 Å². The summed E-state index contributed by atoms with van der Waals surface area (Å²) in [4.78, 5) is 19.0. The van der Waals surface area contributed by atoms with Gasteiger partial charge in [-0.25, -0.2) is 0 Å². The number of aliphatic hydroxyl groups excluding tert-OH is 1. The highest BCUT2D eigenvalue weighted by Gasteiger charge is 2.35. The number of anilines is 1. The number of aliphatic hydroxyl groups is 1. The first-order valence-corrected chi connectivity index (χ1v) is 13.2. The number of methoxy groups -OCH3 is 1. The Bertz CT molecular complexity index is 1170. The molecular weight excluding hydrogens is 482 g/mol. The first-order chi connectivity index (χ1) is 18.6. The molecule has 0 aliphatic carbocycles. The zero-order chi connectivity index (χ0) is 26.3. The molecule has 0 unspecified atom stereocenters. The number of nitrogens with one attached hydrogen (secondary N) is 1. The number of benzene rings is 2. The second-order valence-corrected chi connectivity index (χ2v) is 9.91. The summed E-state index contributed by atoms with van der Waals surface area (Å²) >= 11 is 0. The fraction of sp³-hybridized carbons (Fsp3) is 0.400. The lowest BCUT2D eigenvalue weighted by molar-refractivity contribution is -0.253. The van der Waals surface area contributed by atoms with Crippen LogP contribution < -0.4 is 5.32 Å². The number of amides is 1. The molecule has 0 radical (unpaired) electrons. The Labute approximate surface area is 223 Å². The van der Waals surface area contributed by atoms with Crippen molar-refractivity contribution in [2.24, 2.45) is 0 Å². The van der Waals surface area contributed by atoms with Crippen LogP contribution in [-0.4, -0.2) is 59.8 Å². The predicted molar refractivity (Wildman–Crippen MR) is 144 cm³/mol. The molecule has 2 fully saturated rings. The standard InChI is InChI=1S/C30H35N3O5/c1-36-20-26-5-3-15-33(26)18-27-16-28(22-8-6-21(19-34)7-9-22)38-30(37-27)23-10-12-25(13-11-23)32-29(35)24-4-2-14-31-17-24/h2,4,6-14,17,26-28,30,34H,3,5,15-16,18-20H2,1H3,(H,32,35)/t26-,27+,28-,30-/m0/s1. The van der Waals surface area contributed by atoms with Crippen LogP contribution in [0.1, 0.15) is 58.7 Å². The van der Waals surface area contributed by atoms with Gasteiger partial charge in [-0.1, -0.05) is 36.4 Å². The largest absolute Gasteiger partial charge is 0.392 e. The second-order valence-electron chi connectivity index (χ2n) is 9.91. The van der Waals surface area contributed by atoms with E-state index in [1.54, 1.807) is 31.6 Å². The molecule has 0 bridgehead atoms. The molecule has 5 rings (SSSR count). The van der Waals surface area contributed by atoms with Crippen molar-refractivity contribution in [1.29, 1.82) is 0 Å². The molecule has 1 aromatic heterocycles. The van der Waals surface area contributed by atoms with Gasteiger partial charge in [0.2, 0.25) is 0 Å². The van der Waals surface area contributed by atoms with Crippen LogP contribution in [0.15, 0.2) is 73.1 Å². The lowest BCUT2D eigenvalue weighted by atomic mass is 9.99. The van der Waals surface area contributed by atoms with Crippen molar-refractivity contribution in [3.8, 4) is 0 Å². The van der Waals surface area contributed by atoms with E-state index in [0.29, 0.717) is 17.3 Å². The molecule has 2 saturated heterocycles. The number of pyridine rings is 1. The summed E-state index contributed by atoms with van der Waals surface area (Å²) in [6.07, 6.45) is 5.53. The molecule has 2 aliphatic heterocycles. The third kappa shape index (κ3) is 6.46. The van der Waals surface area contributed by atoms with E-state index in [-0.39, 0.29) is 24.7 Å². The van der Waals surface area contributed by atoms with Gasteiger partial charge >= 0.3 is 0 Å². The summed E-state index contributed by atoms with van der Waals surface area (Å²) in [6.45, 7) is 2.60. The number of hydrogen-bond donors (Lipinski definition) is 2. The highest BCUT2D eigenvalue weighted by molar-refractivity contribution is 6.03. The van der Waals surface area contributed by atoms with E-state index < -0.39 is 6.29 Å². The lowest BCUT2D eigenvalue weighted by Gasteiger charge is -2.38. The fourth-order valence-electron chi connectivity index (χ4n) is 5.24. The zero-order valence-corrected chi connectivity index (χ0v) is 21.7. The number of hydrogen-bond acceptors (Lipinski definition) is 7. The Morgan fingerprint density at radius 1 is 1.11 bits per heavy atom. The highest BCUT2D eigenvalue weighted by Crippen LogP contribution is 2.39. The summed E-state index contributed by atoms with van der Waals surface area (Å²) in [5.74, 6) is -0.210. The number of nitrogens with zero attached hydrogens (tertiary/aromatic N) is 2. The maximum absolute atomic E-state index is 12.5. The molecule has 2 aromatic carbocycles. The molecule has 3 aromatic rings. The maximum atomic E-state index is 12.5. The van der Waals surface area contributed by atoms with E-state index in [1.165, 1.54) is 6.42 Å². The van der Waals surface area contributed by atoms with E-state index in [9.17, 15) is 9.90 Å². The summed E-state index contributed by atoms with van der Waals surface area (Å²) in [5.41, 5.74) is 4.02. The van der Waals surface area contributed by atoms with Crippen LogP contribution in [0, 0.1) is 0 Å². The molecule has 38 heavy (non-hydrogen) atoms. The van der Waals surface area contributed by atoms with E-state index in [2.05, 4.69) is 15.2 Å². The smallest absolute Gasteiger partial charge is 0.257 e. The van der Waals surface area contributed by atoms with Crippen LogP contribution in [0.2, 0.25) is 0 Å². The monoisotopic (exact) mass is 517 g/mol. The van der Waals surface area contributed by atoms with Gasteiger partial charge in [-0.05, 0) is 54.8 Å². The summed E-state index contributed by atoms with van der Waals surface area (Å²) in [7, 11) is 1.76. The van der Waals surface area contributed by atoms with Crippen LogP contribution >= 0.6 is 0 Å². The number of likely N-dealkylation sites (tertiary alicyclic amines) is 1. The van der Waals surface area contributed by atoms with Crippen LogP contribution in [-0.2, 0) is 20.8 Å². The number of aromatic nitrogens is 1. The van der Waals surface area contributed by atoms with Crippen molar-refractivity contribution >= 4 is 11.6 Å². The molecular formula is C30H35N3O5. The van der Waals surface area contributed by atoms with Gasteiger partial charge in [0.25, 0.3) is 5.91 Å². The Morgan fingerprint density at radius 2 is 1.89 bits per heavy atom. The molecule has 8 nitrogen and oxygen atoms in total. The molecule has 2 N–H and O–H groups in total. The Morgan fingerprint density at radius 3 is 2.61 bits per heavy atom. The topological polar surface area (TPSA) is 93.2 Å². The zero-order valence-electron chi connectivity index (χ0n) is 21.7. The number of carbonyl (C=O) groups is 1. The molecule has 200 valence electrons. The average molecular weight is 518 g/mol. The van der Waals surface area contributed by atoms with Crippen LogP contribution in [0.5, 0.6) is 0 Å². The quantitative estimate of drug-likeness (QED) is 0.432. The van der Waals surface area contributed by atoms with Gasteiger partial charge in [0.1, 0.15) is 0 Å². The van der Waals surface area contributed by atoms with Crippen LogP contribution in [0.3, 0.4) is 0 Å². The van der Waals surface area contributed by atoms with Crippen LogP contribution in [0.25, 0.3) is 0 Å². The minimum Gasteiger partial charge on any atom is -0.392 e. The number of carbonyl (C=O) groups excluding carboxylic acids is 1. The number of rotatable bonds is 9. The summed E-state index contributed by atoms with van der Waals surface area (Å²) in [6, 6.07) is 19.4. The van der Waals surface area contributed by atoms with Gasteiger partial charge < -0.3 is 24.6 Å². The van der Waals surface area contributed by atoms with Gasteiger partial charge in [0.05, 0.1) is 31.0 Å². The van der Waals surface area contributed by atoms with Gasteiger partial charge in [-0.3, -0.25) is 14.7 Å². The molecule has 3 heterocycles. The molecule has 0 saturated carbocycles. The van der Waals surface area contributed by atoms with E-state index >= 15 is 0 Å². The Kier molecular flexibility index (Phi) is 8.78. The van der Waals surface area contributed by atoms with Gasteiger partial charge in [-0.15, -0.1) is 0 Å².